The maximum absolute atomic E-state index is 13.2. The number of nitrogens with zero attached hydrogens (tertiary/aromatic N) is 1. The molecule has 218 valence electrons. The van der Waals surface area contributed by atoms with Gasteiger partial charge in [0.05, 0.1) is 22.5 Å². The van der Waals surface area contributed by atoms with E-state index >= 15 is 0 Å². The van der Waals surface area contributed by atoms with Crippen molar-refractivity contribution in [2.24, 2.45) is 0 Å². The normalized spacial score (nSPS) is 15.0. The summed E-state index contributed by atoms with van der Waals surface area (Å²) in [5.41, 5.74) is 2.59. The SMILES string of the molecule is CCOc1cc(/C=C2\SC(=O)N(Cc3cc4c(cc3Cl)OCO4)C2=O)cc(Br)c1OCC(=O)Nc1ccc(C)c(Cl)c1. The molecule has 1 fully saturated rings. The van der Waals surface area contributed by atoms with Crippen molar-refractivity contribution in [1.82, 2.24) is 4.90 Å². The predicted molar refractivity (Wildman–Crippen MR) is 165 cm³/mol. The van der Waals surface area contributed by atoms with Crippen molar-refractivity contribution in [2.75, 3.05) is 25.3 Å². The highest BCUT2D eigenvalue weighted by atomic mass is 79.9. The highest BCUT2D eigenvalue weighted by Gasteiger charge is 2.36. The van der Waals surface area contributed by atoms with Crippen LogP contribution in [0, 0.1) is 6.92 Å². The van der Waals surface area contributed by atoms with Gasteiger partial charge < -0.3 is 24.3 Å². The molecule has 0 unspecified atom stereocenters. The first-order valence-corrected chi connectivity index (χ1v) is 15.0. The number of aryl methyl sites for hydroxylation is 1. The van der Waals surface area contributed by atoms with E-state index < -0.39 is 11.1 Å². The fraction of sp³-hybridized carbons (Fsp3) is 0.207. The minimum Gasteiger partial charge on any atom is -0.490 e. The van der Waals surface area contributed by atoms with Gasteiger partial charge in [-0.2, -0.15) is 0 Å². The van der Waals surface area contributed by atoms with E-state index in [0.29, 0.717) is 60.9 Å². The summed E-state index contributed by atoms with van der Waals surface area (Å²) >= 11 is 16.8. The summed E-state index contributed by atoms with van der Waals surface area (Å²) in [6.45, 7) is 3.78. The van der Waals surface area contributed by atoms with Gasteiger partial charge in [-0.3, -0.25) is 19.3 Å². The Morgan fingerprint density at radius 3 is 2.60 bits per heavy atom. The van der Waals surface area contributed by atoms with Gasteiger partial charge in [0, 0.05) is 21.8 Å². The molecule has 0 atom stereocenters. The van der Waals surface area contributed by atoms with Crippen LogP contribution in [0.15, 0.2) is 51.8 Å². The molecular formula is C29H23BrCl2N2O7S. The van der Waals surface area contributed by atoms with Crippen LogP contribution in [0.2, 0.25) is 10.0 Å². The molecule has 3 aromatic carbocycles. The second kappa shape index (κ2) is 12.9. The standard InChI is InChI=1S/C29H23BrCl2N2O7S/c1-3-38-24-7-16(6-19(30)27(24)39-13-26(35)33-18-5-4-15(2)20(31)10-18)8-25-28(36)34(29(37)42-25)12-17-9-22-23(11-21(17)32)41-14-40-22/h4-11H,3,12-14H2,1-2H3,(H,33,35)/b25-8-. The quantitative estimate of drug-likeness (QED) is 0.231. The number of amides is 3. The Balaban J connectivity index is 1.30. The van der Waals surface area contributed by atoms with Crippen molar-refractivity contribution in [2.45, 2.75) is 20.4 Å². The van der Waals surface area contributed by atoms with Crippen LogP contribution < -0.4 is 24.3 Å². The molecule has 3 amide bonds. The van der Waals surface area contributed by atoms with E-state index in [1.807, 2.05) is 19.9 Å². The van der Waals surface area contributed by atoms with Gasteiger partial charge in [-0.1, -0.05) is 29.3 Å². The number of fused-ring (bicyclic) bond motifs is 1. The summed E-state index contributed by atoms with van der Waals surface area (Å²) in [7, 11) is 0. The van der Waals surface area contributed by atoms with E-state index in [1.54, 1.807) is 42.5 Å². The Kier molecular flexibility index (Phi) is 9.22. The van der Waals surface area contributed by atoms with Crippen LogP contribution >= 0.6 is 50.9 Å². The summed E-state index contributed by atoms with van der Waals surface area (Å²) in [4.78, 5) is 39.8. The molecule has 9 nitrogen and oxygen atoms in total. The number of benzene rings is 3. The number of carbonyl (C=O) groups excluding carboxylic acids is 3. The van der Waals surface area contributed by atoms with E-state index in [9.17, 15) is 14.4 Å². The molecule has 2 heterocycles. The van der Waals surface area contributed by atoms with Gasteiger partial charge in [0.1, 0.15) is 0 Å². The van der Waals surface area contributed by atoms with Gasteiger partial charge in [-0.15, -0.1) is 0 Å². The van der Waals surface area contributed by atoms with Gasteiger partial charge >= 0.3 is 0 Å². The van der Waals surface area contributed by atoms with E-state index in [-0.39, 0.29) is 30.8 Å². The number of hydrogen-bond acceptors (Lipinski definition) is 8. The van der Waals surface area contributed by atoms with Gasteiger partial charge in [-0.05, 0) is 94.6 Å². The number of halogens is 3. The molecule has 0 saturated carbocycles. The molecule has 2 aliphatic rings. The smallest absolute Gasteiger partial charge is 0.293 e. The Bertz CT molecular complexity index is 1630. The molecule has 2 aliphatic heterocycles. The lowest BCUT2D eigenvalue weighted by Gasteiger charge is -2.15. The summed E-state index contributed by atoms with van der Waals surface area (Å²) < 4.78 is 22.8. The number of anilines is 1. The monoisotopic (exact) mass is 692 g/mol. The van der Waals surface area contributed by atoms with Crippen molar-refractivity contribution in [3.63, 3.8) is 0 Å². The number of thioether (sulfide) groups is 1. The van der Waals surface area contributed by atoms with Crippen LogP contribution in [-0.2, 0) is 16.1 Å². The number of rotatable bonds is 9. The van der Waals surface area contributed by atoms with Gasteiger partial charge in [0.15, 0.2) is 29.6 Å². The molecule has 3 aromatic rings. The van der Waals surface area contributed by atoms with Crippen molar-refractivity contribution in [1.29, 1.82) is 0 Å². The zero-order chi connectivity index (χ0) is 30.0. The van der Waals surface area contributed by atoms with Crippen molar-refractivity contribution >= 4 is 79.7 Å². The molecule has 42 heavy (non-hydrogen) atoms. The fourth-order valence-electron chi connectivity index (χ4n) is 4.12. The molecule has 0 aromatic heterocycles. The molecular weight excluding hydrogens is 671 g/mol. The second-order valence-corrected chi connectivity index (χ2v) is 11.8. The third-order valence-electron chi connectivity index (χ3n) is 6.18. The Hall–Kier alpha value is -3.38. The topological polar surface area (TPSA) is 103 Å². The van der Waals surface area contributed by atoms with E-state index in [0.717, 1.165) is 22.2 Å². The minimum absolute atomic E-state index is 0.0188. The first-order valence-electron chi connectivity index (χ1n) is 12.6. The maximum atomic E-state index is 13.2. The lowest BCUT2D eigenvalue weighted by molar-refractivity contribution is -0.123. The number of hydrogen-bond donors (Lipinski definition) is 1. The zero-order valence-corrected chi connectivity index (χ0v) is 26.2. The molecule has 0 radical (unpaired) electrons. The van der Waals surface area contributed by atoms with Gasteiger partial charge in [0.25, 0.3) is 17.1 Å². The average molecular weight is 694 g/mol. The number of nitrogens with one attached hydrogen (secondary N) is 1. The fourth-order valence-corrected chi connectivity index (χ4v) is 5.92. The lowest BCUT2D eigenvalue weighted by Crippen LogP contribution is -2.27. The van der Waals surface area contributed by atoms with Crippen molar-refractivity contribution in [3.8, 4) is 23.0 Å². The maximum Gasteiger partial charge on any atom is 0.293 e. The zero-order valence-electron chi connectivity index (χ0n) is 22.3. The van der Waals surface area contributed by atoms with Crippen LogP contribution in [0.25, 0.3) is 6.08 Å². The summed E-state index contributed by atoms with van der Waals surface area (Å²) in [6.07, 6.45) is 1.59. The molecule has 1 N–H and O–H groups in total. The van der Waals surface area contributed by atoms with Crippen LogP contribution in [0.5, 0.6) is 23.0 Å². The molecule has 5 rings (SSSR count). The van der Waals surface area contributed by atoms with Crippen molar-refractivity contribution in [3.05, 3.63) is 78.6 Å². The molecule has 0 spiro atoms. The van der Waals surface area contributed by atoms with Crippen LogP contribution in [0.3, 0.4) is 0 Å². The van der Waals surface area contributed by atoms with E-state index in [4.69, 9.17) is 42.1 Å². The van der Waals surface area contributed by atoms with Gasteiger partial charge in [0.2, 0.25) is 6.79 Å². The van der Waals surface area contributed by atoms with Crippen LogP contribution in [-0.4, -0.2) is 42.0 Å². The largest absolute Gasteiger partial charge is 0.490 e. The third kappa shape index (κ3) is 6.64. The first kappa shape index (κ1) is 30.1. The van der Waals surface area contributed by atoms with Crippen LogP contribution in [0.4, 0.5) is 10.5 Å². The lowest BCUT2D eigenvalue weighted by atomic mass is 10.1. The Morgan fingerprint density at radius 1 is 1.10 bits per heavy atom. The summed E-state index contributed by atoms with van der Waals surface area (Å²) in [5.74, 6) is 0.847. The van der Waals surface area contributed by atoms with Crippen LogP contribution in [0.1, 0.15) is 23.6 Å². The molecule has 0 aliphatic carbocycles. The summed E-state index contributed by atoms with van der Waals surface area (Å²) in [6, 6.07) is 11.9. The minimum atomic E-state index is -0.457. The number of ether oxygens (including phenoxy) is 4. The molecule has 0 bridgehead atoms. The highest BCUT2D eigenvalue weighted by molar-refractivity contribution is 9.10. The Morgan fingerprint density at radius 2 is 1.86 bits per heavy atom. The first-order chi connectivity index (χ1) is 20.1. The van der Waals surface area contributed by atoms with E-state index in [2.05, 4.69) is 21.2 Å². The third-order valence-corrected chi connectivity index (χ3v) is 8.43. The Labute approximate surface area is 264 Å². The van der Waals surface area contributed by atoms with E-state index in [1.165, 1.54) is 0 Å². The number of carbonyl (C=O) groups is 3. The van der Waals surface area contributed by atoms with Gasteiger partial charge in [-0.25, -0.2) is 0 Å². The summed E-state index contributed by atoms with van der Waals surface area (Å²) in [5, 5.41) is 3.22. The average Bonchev–Trinajstić information content (AvgIpc) is 3.49. The van der Waals surface area contributed by atoms with Crippen molar-refractivity contribution < 1.29 is 33.3 Å². The highest BCUT2D eigenvalue weighted by Crippen LogP contribution is 2.41. The molecule has 1 saturated heterocycles. The predicted octanol–water partition coefficient (Wildman–Crippen LogP) is 7.45. The number of imide groups is 1. The molecule has 13 heteroatoms. The second-order valence-electron chi connectivity index (χ2n) is 9.13.